The van der Waals surface area contributed by atoms with Crippen molar-refractivity contribution in [1.29, 1.82) is 0 Å². The van der Waals surface area contributed by atoms with Crippen molar-refractivity contribution in [2.45, 2.75) is 13.5 Å². The van der Waals surface area contributed by atoms with Crippen molar-refractivity contribution in [2.24, 2.45) is 0 Å². The number of methoxy groups -OCH3 is 1. The van der Waals surface area contributed by atoms with Crippen LogP contribution in [0.3, 0.4) is 0 Å². The van der Waals surface area contributed by atoms with E-state index in [1.807, 2.05) is 43.3 Å². The van der Waals surface area contributed by atoms with E-state index >= 15 is 0 Å². The summed E-state index contributed by atoms with van der Waals surface area (Å²) in [4.78, 5) is 0. The molecule has 0 aliphatic heterocycles. The van der Waals surface area contributed by atoms with Crippen LogP contribution in [-0.2, 0) is 6.61 Å². The van der Waals surface area contributed by atoms with E-state index in [0.29, 0.717) is 12.3 Å². The van der Waals surface area contributed by atoms with Crippen LogP contribution in [0.4, 0.5) is 5.69 Å². The average molecular weight is 243 g/mol. The molecular formula is C15H17NO2. The number of nitrogen functional groups attached to an aromatic ring is 1. The molecule has 0 atom stereocenters. The van der Waals surface area contributed by atoms with Gasteiger partial charge < -0.3 is 15.2 Å². The number of rotatable bonds is 4. The first-order valence-electron chi connectivity index (χ1n) is 5.81. The Kier molecular flexibility index (Phi) is 3.72. The molecule has 0 heterocycles. The van der Waals surface area contributed by atoms with E-state index in [0.717, 1.165) is 17.1 Å². The molecule has 2 aromatic carbocycles. The number of aryl methyl sites for hydroxylation is 1. The Bertz CT molecular complexity index is 538. The smallest absolute Gasteiger partial charge is 0.120 e. The SMILES string of the molecule is COc1ccc(COc2cccc(C)c2)c(N)c1. The van der Waals surface area contributed by atoms with Gasteiger partial charge in [-0.2, -0.15) is 0 Å². The van der Waals surface area contributed by atoms with Crippen LogP contribution >= 0.6 is 0 Å². The zero-order valence-corrected chi connectivity index (χ0v) is 10.6. The molecule has 0 aliphatic carbocycles. The number of hydrogen-bond donors (Lipinski definition) is 1. The molecular weight excluding hydrogens is 226 g/mol. The Morgan fingerprint density at radius 1 is 1.06 bits per heavy atom. The molecule has 3 heteroatoms. The fraction of sp³-hybridized carbons (Fsp3) is 0.200. The lowest BCUT2D eigenvalue weighted by Crippen LogP contribution is -2.00. The molecule has 0 saturated heterocycles. The third kappa shape index (κ3) is 2.94. The largest absolute Gasteiger partial charge is 0.497 e. The van der Waals surface area contributed by atoms with Crippen LogP contribution in [-0.4, -0.2) is 7.11 Å². The van der Waals surface area contributed by atoms with Gasteiger partial charge in [-0.15, -0.1) is 0 Å². The number of nitrogens with two attached hydrogens (primary N) is 1. The van der Waals surface area contributed by atoms with Gasteiger partial charge in [-0.25, -0.2) is 0 Å². The zero-order chi connectivity index (χ0) is 13.0. The van der Waals surface area contributed by atoms with Crippen LogP contribution in [0.25, 0.3) is 0 Å². The third-order valence-corrected chi connectivity index (χ3v) is 2.74. The van der Waals surface area contributed by atoms with E-state index in [1.54, 1.807) is 13.2 Å². The molecule has 0 aliphatic rings. The molecule has 18 heavy (non-hydrogen) atoms. The minimum absolute atomic E-state index is 0.458. The Balaban J connectivity index is 2.06. The van der Waals surface area contributed by atoms with E-state index in [1.165, 1.54) is 5.56 Å². The highest BCUT2D eigenvalue weighted by Gasteiger charge is 2.02. The Labute approximate surface area is 107 Å². The molecule has 0 spiro atoms. The Morgan fingerprint density at radius 2 is 1.89 bits per heavy atom. The molecule has 0 amide bonds. The lowest BCUT2D eigenvalue weighted by atomic mass is 10.2. The molecule has 0 unspecified atom stereocenters. The van der Waals surface area contributed by atoms with Crippen LogP contribution in [0.15, 0.2) is 42.5 Å². The van der Waals surface area contributed by atoms with Gasteiger partial charge in [0.05, 0.1) is 7.11 Å². The summed E-state index contributed by atoms with van der Waals surface area (Å²) in [5.74, 6) is 1.61. The van der Waals surface area contributed by atoms with Crippen LogP contribution < -0.4 is 15.2 Å². The lowest BCUT2D eigenvalue weighted by molar-refractivity contribution is 0.306. The van der Waals surface area contributed by atoms with E-state index < -0.39 is 0 Å². The second-order valence-corrected chi connectivity index (χ2v) is 4.17. The predicted molar refractivity (Wildman–Crippen MR) is 72.9 cm³/mol. The maximum atomic E-state index is 5.93. The molecule has 0 aromatic heterocycles. The highest BCUT2D eigenvalue weighted by atomic mass is 16.5. The molecule has 94 valence electrons. The molecule has 3 nitrogen and oxygen atoms in total. The molecule has 0 fully saturated rings. The van der Waals surface area contributed by atoms with Crippen molar-refractivity contribution >= 4 is 5.69 Å². The summed E-state index contributed by atoms with van der Waals surface area (Å²) >= 11 is 0. The predicted octanol–water partition coefficient (Wildman–Crippen LogP) is 3.16. The van der Waals surface area contributed by atoms with Gasteiger partial charge in [0.25, 0.3) is 0 Å². The van der Waals surface area contributed by atoms with Crippen LogP contribution in [0, 0.1) is 6.92 Å². The molecule has 0 radical (unpaired) electrons. The van der Waals surface area contributed by atoms with E-state index in [-0.39, 0.29) is 0 Å². The van der Waals surface area contributed by atoms with E-state index in [2.05, 4.69) is 0 Å². The summed E-state index contributed by atoms with van der Waals surface area (Å²) in [6, 6.07) is 13.5. The van der Waals surface area contributed by atoms with E-state index in [4.69, 9.17) is 15.2 Å². The molecule has 2 N–H and O–H groups in total. The van der Waals surface area contributed by atoms with Crippen LogP contribution in [0.2, 0.25) is 0 Å². The first-order valence-corrected chi connectivity index (χ1v) is 5.81. The summed E-state index contributed by atoms with van der Waals surface area (Å²) in [5.41, 5.74) is 8.75. The second-order valence-electron chi connectivity index (χ2n) is 4.17. The molecule has 0 bridgehead atoms. The van der Waals surface area contributed by atoms with Gasteiger partial charge in [-0.1, -0.05) is 12.1 Å². The van der Waals surface area contributed by atoms with Crippen molar-refractivity contribution in [3.05, 3.63) is 53.6 Å². The fourth-order valence-corrected chi connectivity index (χ4v) is 1.70. The normalized spacial score (nSPS) is 10.1. The van der Waals surface area contributed by atoms with Gasteiger partial charge in [-0.3, -0.25) is 0 Å². The summed E-state index contributed by atoms with van der Waals surface area (Å²) in [6.07, 6.45) is 0. The quantitative estimate of drug-likeness (QED) is 0.839. The minimum atomic E-state index is 0.458. The van der Waals surface area contributed by atoms with Crippen LogP contribution in [0.1, 0.15) is 11.1 Å². The van der Waals surface area contributed by atoms with Crippen molar-refractivity contribution in [3.63, 3.8) is 0 Å². The first-order chi connectivity index (χ1) is 8.69. The summed E-state index contributed by atoms with van der Waals surface area (Å²) < 4.78 is 10.8. The number of anilines is 1. The van der Waals surface area contributed by atoms with Gasteiger partial charge in [0.1, 0.15) is 18.1 Å². The van der Waals surface area contributed by atoms with Crippen molar-refractivity contribution in [3.8, 4) is 11.5 Å². The summed E-state index contributed by atoms with van der Waals surface area (Å²) in [5, 5.41) is 0. The lowest BCUT2D eigenvalue weighted by Gasteiger charge is -2.10. The maximum absolute atomic E-state index is 5.93. The number of ether oxygens (including phenoxy) is 2. The highest BCUT2D eigenvalue weighted by molar-refractivity contribution is 5.51. The number of benzene rings is 2. The van der Waals surface area contributed by atoms with Gasteiger partial charge >= 0.3 is 0 Å². The van der Waals surface area contributed by atoms with Gasteiger partial charge in [0.15, 0.2) is 0 Å². The average Bonchev–Trinajstić information content (AvgIpc) is 2.37. The third-order valence-electron chi connectivity index (χ3n) is 2.74. The Hall–Kier alpha value is -2.16. The second kappa shape index (κ2) is 5.45. The number of hydrogen-bond acceptors (Lipinski definition) is 3. The fourth-order valence-electron chi connectivity index (χ4n) is 1.70. The van der Waals surface area contributed by atoms with Gasteiger partial charge in [-0.05, 0) is 36.8 Å². The van der Waals surface area contributed by atoms with Crippen molar-refractivity contribution < 1.29 is 9.47 Å². The molecule has 2 rings (SSSR count). The monoisotopic (exact) mass is 243 g/mol. The van der Waals surface area contributed by atoms with Crippen molar-refractivity contribution in [2.75, 3.05) is 12.8 Å². The standard InChI is InChI=1S/C15H17NO2/c1-11-4-3-5-14(8-11)18-10-12-6-7-13(17-2)9-15(12)16/h3-9H,10,16H2,1-2H3. The Morgan fingerprint density at radius 3 is 2.56 bits per heavy atom. The highest BCUT2D eigenvalue weighted by Crippen LogP contribution is 2.21. The van der Waals surface area contributed by atoms with Crippen molar-refractivity contribution in [1.82, 2.24) is 0 Å². The van der Waals surface area contributed by atoms with Gasteiger partial charge in [0, 0.05) is 17.3 Å². The molecule has 0 saturated carbocycles. The topological polar surface area (TPSA) is 44.5 Å². The van der Waals surface area contributed by atoms with Gasteiger partial charge in [0.2, 0.25) is 0 Å². The summed E-state index contributed by atoms with van der Waals surface area (Å²) in [7, 11) is 1.62. The van der Waals surface area contributed by atoms with E-state index in [9.17, 15) is 0 Å². The molecule has 2 aromatic rings. The zero-order valence-electron chi connectivity index (χ0n) is 10.6. The minimum Gasteiger partial charge on any atom is -0.497 e. The summed E-state index contributed by atoms with van der Waals surface area (Å²) in [6.45, 7) is 2.49. The van der Waals surface area contributed by atoms with Crippen LogP contribution in [0.5, 0.6) is 11.5 Å². The maximum Gasteiger partial charge on any atom is 0.120 e. The first kappa shape index (κ1) is 12.3.